The summed E-state index contributed by atoms with van der Waals surface area (Å²) in [6, 6.07) is 24.5. The molecule has 170 valence electrons. The highest BCUT2D eigenvalue weighted by molar-refractivity contribution is 6.01. The third-order valence-corrected chi connectivity index (χ3v) is 5.87. The Bertz CT molecular complexity index is 1210. The molecule has 4 aromatic rings. The number of nitrogens with zero attached hydrogens (tertiary/aromatic N) is 2. The van der Waals surface area contributed by atoms with Crippen molar-refractivity contribution in [3.8, 4) is 0 Å². The summed E-state index contributed by atoms with van der Waals surface area (Å²) >= 11 is 0. The van der Waals surface area contributed by atoms with Crippen LogP contribution in [0.3, 0.4) is 0 Å². The minimum Gasteiger partial charge on any atom is -0.345 e. The first kappa shape index (κ1) is 22.6. The van der Waals surface area contributed by atoms with Crippen molar-refractivity contribution in [3.63, 3.8) is 0 Å². The Hall–Kier alpha value is -3.60. The van der Waals surface area contributed by atoms with Crippen molar-refractivity contribution in [2.45, 2.75) is 39.3 Å². The lowest BCUT2D eigenvalue weighted by molar-refractivity contribution is 0.206. The van der Waals surface area contributed by atoms with Crippen molar-refractivity contribution in [2.75, 3.05) is 11.9 Å². The van der Waals surface area contributed by atoms with E-state index in [1.165, 1.54) is 6.07 Å². The average Bonchev–Trinajstić information content (AvgIpc) is 3.25. The number of anilines is 1. The Labute approximate surface area is 194 Å². The molecule has 0 saturated carbocycles. The number of hydrogen-bond donors (Lipinski definition) is 1. The van der Waals surface area contributed by atoms with Gasteiger partial charge in [-0.1, -0.05) is 68.3 Å². The van der Waals surface area contributed by atoms with E-state index in [1.807, 2.05) is 71.8 Å². The molecule has 0 aliphatic heterocycles. The topological polar surface area (TPSA) is 37.3 Å². The largest absolute Gasteiger partial charge is 0.345 e. The molecule has 0 radical (unpaired) electrons. The fourth-order valence-electron chi connectivity index (χ4n) is 4.11. The predicted octanol–water partition coefficient (Wildman–Crippen LogP) is 7.05. The van der Waals surface area contributed by atoms with E-state index in [-0.39, 0.29) is 11.8 Å². The van der Waals surface area contributed by atoms with Gasteiger partial charge in [0.05, 0.1) is 12.2 Å². The van der Waals surface area contributed by atoms with Crippen LogP contribution in [0.2, 0.25) is 0 Å². The summed E-state index contributed by atoms with van der Waals surface area (Å²) in [4.78, 5) is 15.2. The van der Waals surface area contributed by atoms with Crippen LogP contribution in [0, 0.1) is 5.82 Å². The fraction of sp³-hybridized carbons (Fsp3) is 0.250. The number of urea groups is 1. The van der Waals surface area contributed by atoms with Crippen molar-refractivity contribution < 1.29 is 9.18 Å². The molecule has 4 rings (SSSR count). The summed E-state index contributed by atoms with van der Waals surface area (Å²) in [6.07, 6.45) is 5.09. The molecule has 0 fully saturated rings. The Morgan fingerprint density at radius 3 is 2.64 bits per heavy atom. The molecule has 0 bridgehead atoms. The van der Waals surface area contributed by atoms with Crippen molar-refractivity contribution in [1.29, 1.82) is 0 Å². The van der Waals surface area contributed by atoms with Crippen LogP contribution in [0.25, 0.3) is 10.8 Å². The van der Waals surface area contributed by atoms with Gasteiger partial charge in [0.15, 0.2) is 0 Å². The van der Waals surface area contributed by atoms with Gasteiger partial charge in [0.1, 0.15) is 5.82 Å². The fourth-order valence-corrected chi connectivity index (χ4v) is 4.11. The molecule has 0 aliphatic rings. The summed E-state index contributed by atoms with van der Waals surface area (Å²) < 4.78 is 15.7. The second-order valence-electron chi connectivity index (χ2n) is 8.34. The molecule has 0 unspecified atom stereocenters. The van der Waals surface area contributed by atoms with Crippen LogP contribution >= 0.6 is 0 Å². The van der Waals surface area contributed by atoms with Crippen molar-refractivity contribution in [3.05, 3.63) is 102 Å². The molecule has 0 spiro atoms. The Morgan fingerprint density at radius 2 is 1.79 bits per heavy atom. The molecule has 0 atom stereocenters. The zero-order valence-electron chi connectivity index (χ0n) is 19.0. The molecule has 1 aromatic heterocycles. The normalized spacial score (nSPS) is 11.0. The zero-order valence-corrected chi connectivity index (χ0v) is 19.0. The van der Waals surface area contributed by atoms with Crippen molar-refractivity contribution in [1.82, 2.24) is 9.47 Å². The Kier molecular flexibility index (Phi) is 7.40. The Balaban J connectivity index is 1.53. The highest BCUT2D eigenvalue weighted by Gasteiger charge is 2.17. The molecular weight excluding hydrogens is 413 g/mol. The van der Waals surface area contributed by atoms with Crippen LogP contribution in [-0.2, 0) is 13.1 Å². The lowest BCUT2D eigenvalue weighted by atomic mass is 10.1. The molecule has 33 heavy (non-hydrogen) atoms. The molecule has 1 heterocycles. The number of carbonyl (C=O) groups is 1. The first-order valence-corrected chi connectivity index (χ1v) is 11.6. The van der Waals surface area contributed by atoms with Crippen LogP contribution in [0.15, 0.2) is 85.1 Å². The van der Waals surface area contributed by atoms with Gasteiger partial charge < -0.3 is 14.8 Å². The maximum atomic E-state index is 13.6. The highest BCUT2D eigenvalue weighted by atomic mass is 19.1. The molecule has 3 aromatic carbocycles. The predicted molar refractivity (Wildman–Crippen MR) is 133 cm³/mol. The van der Waals surface area contributed by atoms with Crippen LogP contribution < -0.4 is 5.32 Å². The summed E-state index contributed by atoms with van der Waals surface area (Å²) in [7, 11) is 0. The van der Waals surface area contributed by atoms with E-state index in [9.17, 15) is 9.18 Å². The van der Waals surface area contributed by atoms with Gasteiger partial charge in [-0.15, -0.1) is 0 Å². The highest BCUT2D eigenvalue weighted by Crippen LogP contribution is 2.23. The second kappa shape index (κ2) is 10.8. The molecule has 5 heteroatoms. The van der Waals surface area contributed by atoms with E-state index >= 15 is 0 Å². The number of halogens is 1. The van der Waals surface area contributed by atoms with Crippen LogP contribution in [0.4, 0.5) is 14.9 Å². The van der Waals surface area contributed by atoms with Gasteiger partial charge in [0.2, 0.25) is 0 Å². The first-order valence-electron chi connectivity index (χ1n) is 11.6. The number of hydrogen-bond acceptors (Lipinski definition) is 1. The third-order valence-electron chi connectivity index (χ3n) is 5.87. The SMILES string of the molecule is CCCCCN(Cc1cccn1Cc1cccc(F)c1)C(=O)Nc1cccc2ccccc12. The lowest BCUT2D eigenvalue weighted by Crippen LogP contribution is -2.36. The van der Waals surface area contributed by atoms with Gasteiger partial charge in [-0.3, -0.25) is 0 Å². The summed E-state index contributed by atoms with van der Waals surface area (Å²) in [5, 5.41) is 5.25. The van der Waals surface area contributed by atoms with Gasteiger partial charge in [-0.2, -0.15) is 0 Å². The van der Waals surface area contributed by atoms with Gasteiger partial charge >= 0.3 is 6.03 Å². The Morgan fingerprint density at radius 1 is 0.970 bits per heavy atom. The maximum absolute atomic E-state index is 13.6. The van der Waals surface area contributed by atoms with E-state index in [0.29, 0.717) is 19.6 Å². The first-order chi connectivity index (χ1) is 16.1. The van der Waals surface area contributed by atoms with Crippen molar-refractivity contribution in [2.24, 2.45) is 0 Å². The smallest absolute Gasteiger partial charge is 0.322 e. The van der Waals surface area contributed by atoms with Gasteiger partial charge in [0, 0.05) is 30.4 Å². The second-order valence-corrected chi connectivity index (χ2v) is 8.34. The van der Waals surface area contributed by atoms with Gasteiger partial charge in [-0.25, -0.2) is 9.18 Å². The van der Waals surface area contributed by atoms with Crippen LogP contribution in [0.5, 0.6) is 0 Å². The van der Waals surface area contributed by atoms with Crippen LogP contribution in [0.1, 0.15) is 37.4 Å². The molecule has 0 aliphatic carbocycles. The number of rotatable bonds is 9. The standard InChI is InChI=1S/C28H30FN3O/c1-2-3-6-17-32(28(33)30-27-16-8-12-23-11-4-5-15-26(23)27)21-25-14-9-18-31(25)20-22-10-7-13-24(29)19-22/h4-5,7-16,18-19H,2-3,6,17,20-21H2,1H3,(H,30,33). The lowest BCUT2D eigenvalue weighted by Gasteiger charge is -2.24. The molecule has 2 amide bonds. The molecule has 1 N–H and O–H groups in total. The third kappa shape index (κ3) is 5.80. The van der Waals surface area contributed by atoms with E-state index in [0.717, 1.165) is 47.0 Å². The minimum absolute atomic E-state index is 0.110. The number of aromatic nitrogens is 1. The molecule has 0 saturated heterocycles. The quantitative estimate of drug-likeness (QED) is 0.276. The van der Waals surface area contributed by atoms with Crippen LogP contribution in [-0.4, -0.2) is 22.0 Å². The average molecular weight is 444 g/mol. The number of nitrogens with one attached hydrogen (secondary N) is 1. The van der Waals surface area contributed by atoms with E-state index in [4.69, 9.17) is 0 Å². The number of benzene rings is 3. The van der Waals surface area contributed by atoms with E-state index < -0.39 is 0 Å². The van der Waals surface area contributed by atoms with E-state index in [1.54, 1.807) is 12.1 Å². The summed E-state index contributed by atoms with van der Waals surface area (Å²) in [5.41, 5.74) is 2.72. The number of amides is 2. The number of carbonyl (C=O) groups excluding carboxylic acids is 1. The van der Waals surface area contributed by atoms with Crippen molar-refractivity contribution >= 4 is 22.5 Å². The zero-order chi connectivity index (χ0) is 23.0. The van der Waals surface area contributed by atoms with E-state index in [2.05, 4.69) is 16.8 Å². The minimum atomic E-state index is -0.239. The molecule has 4 nitrogen and oxygen atoms in total. The summed E-state index contributed by atoms with van der Waals surface area (Å²) in [5.74, 6) is -0.239. The van der Waals surface area contributed by atoms with Gasteiger partial charge in [-0.05, 0) is 47.7 Å². The number of unbranched alkanes of at least 4 members (excludes halogenated alkanes) is 2. The monoisotopic (exact) mass is 443 g/mol. The summed E-state index contributed by atoms with van der Waals surface area (Å²) in [6.45, 7) is 3.89. The number of fused-ring (bicyclic) bond motifs is 1. The molecular formula is C28H30FN3O. The maximum Gasteiger partial charge on any atom is 0.322 e. The van der Waals surface area contributed by atoms with Gasteiger partial charge in [0.25, 0.3) is 0 Å².